The second-order valence-corrected chi connectivity index (χ2v) is 7.10. The highest BCUT2D eigenvalue weighted by atomic mass is 16.6. The van der Waals surface area contributed by atoms with Gasteiger partial charge in [-0.05, 0) is 44.5 Å². The SMILES string of the molecule is COCCN1CCC(N(C)C(C)c2ccc3c(c2)OCCO3)CCC1=O. The standard InChI is InChI=1S/C20H30N2O4/c1-15(16-4-6-18-19(14-16)26-13-12-25-18)21(2)17-5-7-20(23)22(9-8-17)10-11-24-3/h4,6,14-15,17H,5,7-13H2,1-3H3. The van der Waals surface area contributed by atoms with Crippen molar-refractivity contribution in [1.82, 2.24) is 9.80 Å². The third-order valence-electron chi connectivity index (χ3n) is 5.58. The van der Waals surface area contributed by atoms with Crippen LogP contribution in [0, 0.1) is 0 Å². The Morgan fingerprint density at radius 1 is 1.27 bits per heavy atom. The first-order valence-corrected chi connectivity index (χ1v) is 9.48. The molecule has 0 saturated carbocycles. The van der Waals surface area contributed by atoms with Gasteiger partial charge in [0.15, 0.2) is 11.5 Å². The summed E-state index contributed by atoms with van der Waals surface area (Å²) in [6, 6.07) is 6.83. The van der Waals surface area contributed by atoms with Crippen LogP contribution in [-0.2, 0) is 9.53 Å². The van der Waals surface area contributed by atoms with E-state index in [9.17, 15) is 4.79 Å². The van der Waals surface area contributed by atoms with Crippen LogP contribution in [0.15, 0.2) is 18.2 Å². The molecule has 2 atom stereocenters. The topological polar surface area (TPSA) is 51.2 Å². The molecule has 1 saturated heterocycles. The van der Waals surface area contributed by atoms with Gasteiger partial charge in [-0.15, -0.1) is 0 Å². The van der Waals surface area contributed by atoms with E-state index in [0.717, 1.165) is 30.9 Å². The fourth-order valence-corrected chi connectivity index (χ4v) is 3.74. The summed E-state index contributed by atoms with van der Waals surface area (Å²) in [4.78, 5) is 16.6. The van der Waals surface area contributed by atoms with Crippen LogP contribution in [0.5, 0.6) is 11.5 Å². The summed E-state index contributed by atoms with van der Waals surface area (Å²) >= 11 is 0. The van der Waals surface area contributed by atoms with E-state index in [1.165, 1.54) is 5.56 Å². The molecule has 6 heteroatoms. The average Bonchev–Trinajstić information content (AvgIpc) is 2.86. The second-order valence-electron chi connectivity index (χ2n) is 7.10. The first-order chi connectivity index (χ1) is 12.6. The van der Waals surface area contributed by atoms with Crippen LogP contribution in [0.3, 0.4) is 0 Å². The first-order valence-electron chi connectivity index (χ1n) is 9.48. The summed E-state index contributed by atoms with van der Waals surface area (Å²) in [5.41, 5.74) is 1.21. The zero-order valence-corrected chi connectivity index (χ0v) is 16.1. The van der Waals surface area contributed by atoms with Crippen LogP contribution in [0.2, 0.25) is 0 Å². The van der Waals surface area contributed by atoms with Gasteiger partial charge in [0.05, 0.1) is 6.61 Å². The van der Waals surface area contributed by atoms with Gasteiger partial charge in [-0.3, -0.25) is 9.69 Å². The van der Waals surface area contributed by atoms with E-state index >= 15 is 0 Å². The second kappa shape index (κ2) is 8.73. The predicted molar refractivity (Wildman–Crippen MR) is 99.7 cm³/mol. The lowest BCUT2D eigenvalue weighted by molar-refractivity contribution is -0.131. The molecule has 0 bridgehead atoms. The molecule has 2 aliphatic heterocycles. The summed E-state index contributed by atoms with van der Waals surface area (Å²) in [6.07, 6.45) is 2.49. The molecule has 0 aromatic heterocycles. The Labute approximate surface area is 156 Å². The summed E-state index contributed by atoms with van der Waals surface area (Å²) < 4.78 is 16.5. The lowest BCUT2D eigenvalue weighted by Crippen LogP contribution is -2.36. The number of nitrogens with zero attached hydrogens (tertiary/aromatic N) is 2. The van der Waals surface area contributed by atoms with Gasteiger partial charge >= 0.3 is 0 Å². The number of rotatable bonds is 6. The number of likely N-dealkylation sites (tertiary alicyclic amines) is 1. The number of ether oxygens (including phenoxy) is 3. The van der Waals surface area contributed by atoms with Gasteiger partial charge in [-0.25, -0.2) is 0 Å². The normalized spacial score (nSPS) is 21.6. The highest BCUT2D eigenvalue weighted by molar-refractivity contribution is 5.76. The average molecular weight is 362 g/mol. The van der Waals surface area contributed by atoms with Gasteiger partial charge in [-0.1, -0.05) is 6.07 Å². The Balaban J connectivity index is 1.64. The summed E-state index contributed by atoms with van der Waals surface area (Å²) in [6.45, 7) is 5.50. The summed E-state index contributed by atoms with van der Waals surface area (Å²) in [7, 11) is 3.83. The van der Waals surface area contributed by atoms with Crippen LogP contribution >= 0.6 is 0 Å². The summed E-state index contributed by atoms with van der Waals surface area (Å²) in [5, 5.41) is 0. The van der Waals surface area contributed by atoms with Crippen molar-refractivity contribution in [1.29, 1.82) is 0 Å². The van der Waals surface area contributed by atoms with Crippen molar-refractivity contribution >= 4 is 5.91 Å². The van der Waals surface area contributed by atoms with Crippen LogP contribution in [0.1, 0.15) is 37.8 Å². The highest BCUT2D eigenvalue weighted by Crippen LogP contribution is 2.35. The number of fused-ring (bicyclic) bond motifs is 1. The molecule has 1 amide bonds. The number of carbonyl (C=O) groups excluding carboxylic acids is 1. The minimum Gasteiger partial charge on any atom is -0.486 e. The van der Waals surface area contributed by atoms with E-state index in [-0.39, 0.29) is 11.9 Å². The van der Waals surface area contributed by atoms with E-state index in [2.05, 4.69) is 31.0 Å². The zero-order valence-electron chi connectivity index (χ0n) is 16.1. The molecule has 26 heavy (non-hydrogen) atoms. The molecule has 2 unspecified atom stereocenters. The Hall–Kier alpha value is -1.79. The van der Waals surface area contributed by atoms with Crippen molar-refractivity contribution in [3.05, 3.63) is 23.8 Å². The van der Waals surface area contributed by atoms with Gasteiger partial charge in [0, 0.05) is 38.7 Å². The molecule has 0 aliphatic carbocycles. The molecule has 0 N–H and O–H groups in total. The summed E-state index contributed by atoms with van der Waals surface area (Å²) in [5.74, 6) is 1.89. The lowest BCUT2D eigenvalue weighted by atomic mass is 10.0. The van der Waals surface area contributed by atoms with Crippen molar-refractivity contribution < 1.29 is 19.0 Å². The van der Waals surface area contributed by atoms with Gasteiger partial charge in [-0.2, -0.15) is 0 Å². The minimum absolute atomic E-state index is 0.241. The number of amides is 1. The molecule has 6 nitrogen and oxygen atoms in total. The molecule has 3 rings (SSSR count). The molecule has 1 aromatic carbocycles. The number of hydrogen-bond donors (Lipinski definition) is 0. The van der Waals surface area contributed by atoms with Crippen molar-refractivity contribution in [2.24, 2.45) is 0 Å². The molecule has 144 valence electrons. The van der Waals surface area contributed by atoms with E-state index in [0.29, 0.717) is 38.8 Å². The minimum atomic E-state index is 0.241. The third kappa shape index (κ3) is 4.30. The number of benzene rings is 1. The fraction of sp³-hybridized carbons (Fsp3) is 0.650. The number of carbonyl (C=O) groups is 1. The van der Waals surface area contributed by atoms with Crippen LogP contribution < -0.4 is 9.47 Å². The Bertz CT molecular complexity index is 622. The van der Waals surface area contributed by atoms with E-state index in [1.807, 2.05) is 11.0 Å². The number of methoxy groups -OCH3 is 1. The maximum absolute atomic E-state index is 12.3. The maximum atomic E-state index is 12.3. The smallest absolute Gasteiger partial charge is 0.222 e. The lowest BCUT2D eigenvalue weighted by Gasteiger charge is -2.33. The molecular formula is C20H30N2O4. The van der Waals surface area contributed by atoms with Crippen molar-refractivity contribution in [3.63, 3.8) is 0 Å². The molecule has 2 heterocycles. The molecule has 2 aliphatic rings. The molecule has 1 fully saturated rings. The van der Waals surface area contributed by atoms with E-state index in [1.54, 1.807) is 7.11 Å². The Morgan fingerprint density at radius 2 is 2.04 bits per heavy atom. The van der Waals surface area contributed by atoms with Gasteiger partial charge in [0.1, 0.15) is 13.2 Å². The van der Waals surface area contributed by atoms with Crippen LogP contribution in [0.25, 0.3) is 0 Å². The van der Waals surface area contributed by atoms with Gasteiger partial charge < -0.3 is 19.1 Å². The maximum Gasteiger partial charge on any atom is 0.222 e. The number of hydrogen-bond acceptors (Lipinski definition) is 5. The van der Waals surface area contributed by atoms with Gasteiger partial charge in [0.25, 0.3) is 0 Å². The van der Waals surface area contributed by atoms with Crippen LogP contribution in [-0.4, -0.2) is 68.8 Å². The largest absolute Gasteiger partial charge is 0.486 e. The van der Waals surface area contributed by atoms with E-state index in [4.69, 9.17) is 14.2 Å². The highest BCUT2D eigenvalue weighted by Gasteiger charge is 2.27. The van der Waals surface area contributed by atoms with Crippen LogP contribution in [0.4, 0.5) is 0 Å². The van der Waals surface area contributed by atoms with Crippen molar-refractivity contribution in [2.45, 2.75) is 38.3 Å². The first kappa shape index (κ1) is 19.0. The monoisotopic (exact) mass is 362 g/mol. The van der Waals surface area contributed by atoms with E-state index < -0.39 is 0 Å². The third-order valence-corrected chi connectivity index (χ3v) is 5.58. The van der Waals surface area contributed by atoms with Gasteiger partial charge in [0.2, 0.25) is 5.91 Å². The zero-order chi connectivity index (χ0) is 18.5. The molecule has 0 radical (unpaired) electrons. The quantitative estimate of drug-likeness (QED) is 0.778. The van der Waals surface area contributed by atoms with Crippen molar-refractivity contribution in [3.8, 4) is 11.5 Å². The van der Waals surface area contributed by atoms with Crippen molar-refractivity contribution in [2.75, 3.05) is 47.1 Å². The molecule has 0 spiro atoms. The molecule has 1 aromatic rings. The molecular weight excluding hydrogens is 332 g/mol. The fourth-order valence-electron chi connectivity index (χ4n) is 3.74. The Kier molecular flexibility index (Phi) is 6.38. The Morgan fingerprint density at radius 3 is 2.81 bits per heavy atom. The predicted octanol–water partition coefficient (Wildman–Crippen LogP) is 2.48.